The predicted molar refractivity (Wildman–Crippen MR) is 96.9 cm³/mol. The van der Waals surface area contributed by atoms with Gasteiger partial charge in [0.1, 0.15) is 4.99 Å². The van der Waals surface area contributed by atoms with Gasteiger partial charge in [-0.05, 0) is 48.9 Å². The van der Waals surface area contributed by atoms with E-state index in [1.54, 1.807) is 18.2 Å². The van der Waals surface area contributed by atoms with Crippen molar-refractivity contribution in [3.05, 3.63) is 62.0 Å². The molecule has 108 valence electrons. The summed E-state index contributed by atoms with van der Waals surface area (Å²) in [6.07, 6.45) is 0. The summed E-state index contributed by atoms with van der Waals surface area (Å²) in [7, 11) is 0. The zero-order chi connectivity index (χ0) is 15.6. The van der Waals surface area contributed by atoms with Crippen molar-refractivity contribution in [1.29, 1.82) is 0 Å². The van der Waals surface area contributed by atoms with E-state index in [1.807, 2.05) is 25.1 Å². The van der Waals surface area contributed by atoms with E-state index in [4.69, 9.17) is 18.0 Å². The second kappa shape index (κ2) is 6.68. The average Bonchev–Trinajstić information content (AvgIpc) is 2.41. The molecule has 0 spiro atoms. The average molecular weight is 428 g/mol. The third-order valence-corrected chi connectivity index (χ3v) is 4.52. The van der Waals surface area contributed by atoms with Crippen LogP contribution in [0.25, 0.3) is 0 Å². The van der Waals surface area contributed by atoms with Crippen LogP contribution >= 0.6 is 44.1 Å². The van der Waals surface area contributed by atoms with E-state index in [0.717, 1.165) is 14.5 Å². The molecule has 3 nitrogen and oxygen atoms in total. The lowest BCUT2D eigenvalue weighted by atomic mass is 10.1. The van der Waals surface area contributed by atoms with Crippen molar-refractivity contribution < 1.29 is 4.79 Å². The molecule has 0 aliphatic carbocycles. The predicted octanol–water partition coefficient (Wildman–Crippen LogP) is 4.41. The first kappa shape index (κ1) is 16.1. The molecule has 0 saturated carbocycles. The van der Waals surface area contributed by atoms with Gasteiger partial charge in [0.2, 0.25) is 0 Å². The van der Waals surface area contributed by atoms with Gasteiger partial charge in [-0.25, -0.2) is 0 Å². The first-order valence-corrected chi connectivity index (χ1v) is 8.05. The highest BCUT2D eigenvalue weighted by molar-refractivity contribution is 9.10. The van der Waals surface area contributed by atoms with E-state index >= 15 is 0 Å². The molecule has 2 aromatic rings. The Kier molecular flexibility index (Phi) is 5.13. The lowest BCUT2D eigenvalue weighted by Crippen LogP contribution is -2.17. The van der Waals surface area contributed by atoms with Crippen LogP contribution < -0.4 is 11.1 Å². The van der Waals surface area contributed by atoms with Crippen LogP contribution in [0.15, 0.2) is 45.3 Å². The molecule has 0 atom stereocenters. The quantitative estimate of drug-likeness (QED) is 0.713. The van der Waals surface area contributed by atoms with E-state index in [0.29, 0.717) is 16.8 Å². The topological polar surface area (TPSA) is 55.1 Å². The van der Waals surface area contributed by atoms with E-state index < -0.39 is 0 Å². The maximum atomic E-state index is 12.3. The van der Waals surface area contributed by atoms with E-state index in [1.165, 1.54) is 0 Å². The van der Waals surface area contributed by atoms with Crippen molar-refractivity contribution in [2.75, 3.05) is 5.32 Å². The van der Waals surface area contributed by atoms with Crippen molar-refractivity contribution in [1.82, 2.24) is 0 Å². The normalized spacial score (nSPS) is 10.2. The fourth-order valence-electron chi connectivity index (χ4n) is 1.82. The number of benzene rings is 2. The highest BCUT2D eigenvalue weighted by Gasteiger charge is 2.12. The number of nitrogens with one attached hydrogen (secondary N) is 1. The summed E-state index contributed by atoms with van der Waals surface area (Å²) in [6.45, 7) is 1.93. The second-order valence-corrected chi connectivity index (χ2v) is 6.68. The SMILES string of the molecule is Cc1cc(C(=O)Nc2cc(Br)ccc2C(N)=S)ccc1Br. The molecule has 0 radical (unpaired) electrons. The van der Waals surface area contributed by atoms with Crippen LogP contribution in [0.5, 0.6) is 0 Å². The van der Waals surface area contributed by atoms with Gasteiger partial charge in [0.15, 0.2) is 0 Å². The largest absolute Gasteiger partial charge is 0.389 e. The van der Waals surface area contributed by atoms with Gasteiger partial charge < -0.3 is 11.1 Å². The number of thiocarbonyl (C=S) groups is 1. The summed E-state index contributed by atoms with van der Waals surface area (Å²) in [5.74, 6) is -0.207. The van der Waals surface area contributed by atoms with E-state index in [-0.39, 0.29) is 10.9 Å². The first-order valence-electron chi connectivity index (χ1n) is 6.05. The molecule has 0 saturated heterocycles. The summed E-state index contributed by atoms with van der Waals surface area (Å²) in [6, 6.07) is 10.8. The minimum Gasteiger partial charge on any atom is -0.389 e. The lowest BCUT2D eigenvalue weighted by molar-refractivity contribution is 0.102. The summed E-state index contributed by atoms with van der Waals surface area (Å²) >= 11 is 11.8. The molecule has 0 aromatic heterocycles. The van der Waals surface area contributed by atoms with Gasteiger partial charge in [-0.2, -0.15) is 0 Å². The molecule has 3 N–H and O–H groups in total. The standard InChI is InChI=1S/C15H12Br2N2OS/c1-8-6-9(2-5-12(8)17)15(20)19-13-7-10(16)3-4-11(13)14(18)21/h2-7H,1H3,(H2,18,21)(H,19,20). The molecule has 21 heavy (non-hydrogen) atoms. The molecule has 2 aromatic carbocycles. The number of halogens is 2. The van der Waals surface area contributed by atoms with Crippen LogP contribution in [0.4, 0.5) is 5.69 Å². The maximum Gasteiger partial charge on any atom is 0.255 e. The maximum absolute atomic E-state index is 12.3. The third kappa shape index (κ3) is 3.90. The van der Waals surface area contributed by atoms with Crippen molar-refractivity contribution in [3.63, 3.8) is 0 Å². The Labute approximate surface area is 145 Å². The fourth-order valence-corrected chi connectivity index (χ4v) is 2.60. The second-order valence-electron chi connectivity index (χ2n) is 4.47. The molecule has 0 aliphatic rings. The Balaban J connectivity index is 2.33. The van der Waals surface area contributed by atoms with Crippen LogP contribution in [-0.4, -0.2) is 10.9 Å². The summed E-state index contributed by atoms with van der Waals surface area (Å²) in [5, 5.41) is 2.84. The molecular formula is C15H12Br2N2OS. The van der Waals surface area contributed by atoms with Crippen molar-refractivity contribution in [3.8, 4) is 0 Å². The molecule has 0 unspecified atom stereocenters. The Morgan fingerprint density at radius 1 is 1.19 bits per heavy atom. The van der Waals surface area contributed by atoms with Crippen LogP contribution in [0.1, 0.15) is 21.5 Å². The molecule has 0 heterocycles. The monoisotopic (exact) mass is 426 g/mol. The Hall–Kier alpha value is -1.24. The van der Waals surface area contributed by atoms with E-state index in [2.05, 4.69) is 37.2 Å². The molecule has 0 bridgehead atoms. The van der Waals surface area contributed by atoms with Crippen LogP contribution in [0.2, 0.25) is 0 Å². The molecule has 0 fully saturated rings. The smallest absolute Gasteiger partial charge is 0.255 e. The minimum atomic E-state index is -0.207. The van der Waals surface area contributed by atoms with Crippen molar-refractivity contribution in [2.24, 2.45) is 5.73 Å². The first-order chi connectivity index (χ1) is 9.88. The number of carbonyl (C=O) groups excluding carboxylic acids is 1. The van der Waals surface area contributed by atoms with Gasteiger partial charge in [0.05, 0.1) is 5.69 Å². The summed E-state index contributed by atoms with van der Waals surface area (Å²) < 4.78 is 1.80. The number of carbonyl (C=O) groups is 1. The highest BCUT2D eigenvalue weighted by Crippen LogP contribution is 2.23. The number of aryl methyl sites for hydroxylation is 1. The Morgan fingerprint density at radius 2 is 1.90 bits per heavy atom. The van der Waals surface area contributed by atoms with Gasteiger partial charge >= 0.3 is 0 Å². The Morgan fingerprint density at radius 3 is 2.52 bits per heavy atom. The van der Waals surface area contributed by atoms with Gasteiger partial charge in [-0.3, -0.25) is 4.79 Å². The van der Waals surface area contributed by atoms with Gasteiger partial charge in [-0.15, -0.1) is 0 Å². The summed E-state index contributed by atoms with van der Waals surface area (Å²) in [4.78, 5) is 12.6. The molecule has 1 amide bonds. The van der Waals surface area contributed by atoms with Gasteiger partial charge in [0, 0.05) is 20.1 Å². The van der Waals surface area contributed by atoms with Crippen LogP contribution in [0.3, 0.4) is 0 Å². The number of hydrogen-bond donors (Lipinski definition) is 2. The van der Waals surface area contributed by atoms with Crippen molar-refractivity contribution >= 4 is 60.7 Å². The van der Waals surface area contributed by atoms with Gasteiger partial charge in [0.25, 0.3) is 5.91 Å². The number of nitrogens with two attached hydrogens (primary N) is 1. The lowest BCUT2D eigenvalue weighted by Gasteiger charge is -2.11. The molecule has 2 rings (SSSR count). The molecule has 0 aliphatic heterocycles. The highest BCUT2D eigenvalue weighted by atomic mass is 79.9. The number of rotatable bonds is 3. The molecule has 6 heteroatoms. The minimum absolute atomic E-state index is 0.207. The zero-order valence-corrected chi connectivity index (χ0v) is 15.1. The number of hydrogen-bond acceptors (Lipinski definition) is 2. The number of anilines is 1. The molecular weight excluding hydrogens is 416 g/mol. The fraction of sp³-hybridized carbons (Fsp3) is 0.0667. The Bertz CT molecular complexity index is 732. The third-order valence-electron chi connectivity index (χ3n) is 2.92. The van der Waals surface area contributed by atoms with Crippen molar-refractivity contribution in [2.45, 2.75) is 6.92 Å². The van der Waals surface area contributed by atoms with Gasteiger partial charge in [-0.1, -0.05) is 44.1 Å². The van der Waals surface area contributed by atoms with Crippen LogP contribution in [0, 0.1) is 6.92 Å². The van der Waals surface area contributed by atoms with E-state index in [9.17, 15) is 4.79 Å². The number of amides is 1. The van der Waals surface area contributed by atoms with Crippen LogP contribution in [-0.2, 0) is 0 Å². The zero-order valence-electron chi connectivity index (χ0n) is 11.1. The summed E-state index contributed by atoms with van der Waals surface area (Å²) in [5.41, 5.74) is 8.47.